The number of methoxy groups -OCH3 is 1. The summed E-state index contributed by atoms with van der Waals surface area (Å²) in [5.74, 6) is -0.434. The number of carbonyl (C=O) groups excluding carboxylic acids is 2. The van der Waals surface area contributed by atoms with Gasteiger partial charge in [-0.05, 0) is 49.2 Å². The second-order valence-electron chi connectivity index (χ2n) is 6.56. The quantitative estimate of drug-likeness (QED) is 0.718. The van der Waals surface area contributed by atoms with Gasteiger partial charge in [0.2, 0.25) is 0 Å². The maximum atomic E-state index is 13.0. The van der Waals surface area contributed by atoms with Crippen LogP contribution in [-0.4, -0.2) is 35.4 Å². The Balaban J connectivity index is 1.62. The van der Waals surface area contributed by atoms with Gasteiger partial charge in [0.05, 0.1) is 18.7 Å². The van der Waals surface area contributed by atoms with Gasteiger partial charge in [0.1, 0.15) is 0 Å². The number of hydrogen-bond donors (Lipinski definition) is 1. The number of carbonyl (C=O) groups is 2. The molecule has 0 saturated carbocycles. The molecule has 1 aromatic heterocycles. The van der Waals surface area contributed by atoms with Crippen molar-refractivity contribution in [1.29, 1.82) is 0 Å². The molecule has 0 fully saturated rings. The smallest absolute Gasteiger partial charge is 0.337 e. The molecule has 1 aliphatic rings. The van der Waals surface area contributed by atoms with Crippen LogP contribution in [0.1, 0.15) is 44.9 Å². The van der Waals surface area contributed by atoms with Gasteiger partial charge in [-0.3, -0.25) is 4.79 Å². The first-order valence-corrected chi connectivity index (χ1v) is 8.69. The summed E-state index contributed by atoms with van der Waals surface area (Å²) in [6.45, 7) is 2.72. The van der Waals surface area contributed by atoms with Crippen molar-refractivity contribution in [3.63, 3.8) is 0 Å². The van der Waals surface area contributed by atoms with Crippen LogP contribution in [0.5, 0.6) is 0 Å². The molecule has 1 atom stereocenters. The van der Waals surface area contributed by atoms with Gasteiger partial charge in [0.25, 0.3) is 5.91 Å². The molecule has 5 nitrogen and oxygen atoms in total. The van der Waals surface area contributed by atoms with Crippen LogP contribution < -0.4 is 0 Å². The van der Waals surface area contributed by atoms with Gasteiger partial charge < -0.3 is 14.6 Å². The molecular formula is C21H20N2O3. The lowest BCUT2D eigenvalue weighted by molar-refractivity contribution is 0.0598. The molecule has 4 rings (SSSR count). The van der Waals surface area contributed by atoms with Crippen molar-refractivity contribution in [3.8, 4) is 0 Å². The highest BCUT2D eigenvalue weighted by Gasteiger charge is 2.30. The molecule has 3 aromatic rings. The Morgan fingerprint density at radius 1 is 1.08 bits per heavy atom. The second-order valence-corrected chi connectivity index (χ2v) is 6.56. The number of hydrogen-bond acceptors (Lipinski definition) is 3. The first-order valence-electron chi connectivity index (χ1n) is 8.69. The third-order valence-corrected chi connectivity index (χ3v) is 5.15. The lowest BCUT2D eigenvalue weighted by Gasteiger charge is -2.33. The summed E-state index contributed by atoms with van der Waals surface area (Å²) < 4.78 is 4.70. The molecule has 2 aromatic carbocycles. The number of H-pyrrole nitrogens is 1. The van der Waals surface area contributed by atoms with Crippen LogP contribution >= 0.6 is 0 Å². The summed E-state index contributed by atoms with van der Waals surface area (Å²) in [5, 5.41) is 1.24. The van der Waals surface area contributed by atoms with Gasteiger partial charge in [-0.15, -0.1) is 0 Å². The minimum absolute atomic E-state index is 0.0288. The van der Waals surface area contributed by atoms with Crippen LogP contribution in [-0.2, 0) is 11.2 Å². The summed E-state index contributed by atoms with van der Waals surface area (Å²) in [4.78, 5) is 29.9. The van der Waals surface area contributed by atoms with Crippen LogP contribution in [0.25, 0.3) is 10.9 Å². The summed E-state index contributed by atoms with van der Waals surface area (Å²) in [5.41, 5.74) is 4.54. The summed E-state index contributed by atoms with van der Waals surface area (Å²) in [6.07, 6.45) is 0.829. The normalized spacial score (nSPS) is 16.4. The standard InChI is InChI=1S/C21H20N2O3/c1-13-19-17(16-5-3-4-6-18(16)22-19)11-12-23(13)20(24)14-7-9-15(10-8-14)21(25)26-2/h3-10,13,22H,11-12H2,1-2H3/t13-/m0/s1. The number of nitrogens with zero attached hydrogens (tertiary/aromatic N) is 1. The van der Waals surface area contributed by atoms with E-state index in [1.807, 2.05) is 24.0 Å². The molecule has 0 radical (unpaired) electrons. The maximum Gasteiger partial charge on any atom is 0.337 e. The predicted octanol–water partition coefficient (Wildman–Crippen LogP) is 3.71. The number of nitrogens with one attached hydrogen (secondary N) is 1. The van der Waals surface area contributed by atoms with Crippen molar-refractivity contribution >= 4 is 22.8 Å². The third-order valence-electron chi connectivity index (χ3n) is 5.15. The van der Waals surface area contributed by atoms with E-state index in [2.05, 4.69) is 17.1 Å². The first-order chi connectivity index (χ1) is 12.6. The lowest BCUT2D eigenvalue weighted by atomic mass is 9.97. The van der Waals surface area contributed by atoms with E-state index in [0.717, 1.165) is 17.6 Å². The van der Waals surface area contributed by atoms with E-state index in [9.17, 15) is 9.59 Å². The van der Waals surface area contributed by atoms with Crippen molar-refractivity contribution in [2.75, 3.05) is 13.7 Å². The fourth-order valence-electron chi connectivity index (χ4n) is 3.74. The van der Waals surface area contributed by atoms with E-state index in [-0.39, 0.29) is 11.9 Å². The Morgan fingerprint density at radius 3 is 2.50 bits per heavy atom. The molecule has 2 heterocycles. The molecule has 0 bridgehead atoms. The minimum Gasteiger partial charge on any atom is -0.465 e. The Morgan fingerprint density at radius 2 is 1.77 bits per heavy atom. The number of aromatic amines is 1. The SMILES string of the molecule is COC(=O)c1ccc(C(=O)N2CCc3c([nH]c4ccccc34)[C@@H]2C)cc1. The van der Waals surface area contributed by atoms with Gasteiger partial charge in [-0.2, -0.15) is 0 Å². The Labute approximate surface area is 151 Å². The number of ether oxygens (including phenoxy) is 1. The molecule has 0 saturated heterocycles. The average molecular weight is 348 g/mol. The summed E-state index contributed by atoms with van der Waals surface area (Å²) >= 11 is 0. The minimum atomic E-state index is -0.405. The molecule has 1 N–H and O–H groups in total. The fourth-order valence-corrected chi connectivity index (χ4v) is 3.74. The summed E-state index contributed by atoms with van der Waals surface area (Å²) in [6, 6.07) is 14.8. The van der Waals surface area contributed by atoms with Gasteiger partial charge in [-0.1, -0.05) is 18.2 Å². The van der Waals surface area contributed by atoms with E-state index in [1.165, 1.54) is 18.1 Å². The highest BCUT2D eigenvalue weighted by Crippen LogP contribution is 2.34. The van der Waals surface area contributed by atoms with Crippen LogP contribution in [0.15, 0.2) is 48.5 Å². The Kier molecular flexibility index (Phi) is 3.99. The molecule has 5 heteroatoms. The number of benzene rings is 2. The number of aromatic nitrogens is 1. The van der Waals surface area contributed by atoms with Crippen molar-refractivity contribution in [2.45, 2.75) is 19.4 Å². The predicted molar refractivity (Wildman–Crippen MR) is 99.2 cm³/mol. The van der Waals surface area contributed by atoms with Crippen LogP contribution in [0.2, 0.25) is 0 Å². The van der Waals surface area contributed by atoms with E-state index in [0.29, 0.717) is 17.7 Å². The van der Waals surface area contributed by atoms with E-state index < -0.39 is 5.97 Å². The summed E-state index contributed by atoms with van der Waals surface area (Å²) in [7, 11) is 1.34. The molecule has 132 valence electrons. The van der Waals surface area contributed by atoms with Gasteiger partial charge >= 0.3 is 5.97 Å². The van der Waals surface area contributed by atoms with Crippen molar-refractivity contribution in [3.05, 3.63) is 70.9 Å². The second kappa shape index (κ2) is 6.33. The van der Waals surface area contributed by atoms with Gasteiger partial charge in [0.15, 0.2) is 0 Å². The van der Waals surface area contributed by atoms with E-state index in [4.69, 9.17) is 4.74 Å². The number of fused-ring (bicyclic) bond motifs is 3. The van der Waals surface area contributed by atoms with Crippen molar-refractivity contribution in [1.82, 2.24) is 9.88 Å². The van der Waals surface area contributed by atoms with Crippen LogP contribution in [0, 0.1) is 0 Å². The number of esters is 1. The van der Waals surface area contributed by atoms with E-state index >= 15 is 0 Å². The molecule has 26 heavy (non-hydrogen) atoms. The van der Waals surface area contributed by atoms with Crippen molar-refractivity contribution < 1.29 is 14.3 Å². The largest absolute Gasteiger partial charge is 0.465 e. The third kappa shape index (κ3) is 2.56. The van der Waals surface area contributed by atoms with Gasteiger partial charge in [-0.25, -0.2) is 4.79 Å². The first kappa shape index (κ1) is 16.4. The molecule has 0 spiro atoms. The zero-order chi connectivity index (χ0) is 18.3. The molecule has 1 aliphatic heterocycles. The Hall–Kier alpha value is -3.08. The van der Waals surface area contributed by atoms with Gasteiger partial charge in [0, 0.05) is 28.7 Å². The number of amides is 1. The fraction of sp³-hybridized carbons (Fsp3) is 0.238. The topological polar surface area (TPSA) is 62.4 Å². The van der Waals surface area contributed by atoms with Crippen LogP contribution in [0.3, 0.4) is 0 Å². The molecular weight excluding hydrogens is 328 g/mol. The number of para-hydroxylation sites is 1. The van der Waals surface area contributed by atoms with Crippen molar-refractivity contribution in [2.24, 2.45) is 0 Å². The molecule has 0 unspecified atom stereocenters. The Bertz CT molecular complexity index is 988. The lowest BCUT2D eigenvalue weighted by Crippen LogP contribution is -2.38. The monoisotopic (exact) mass is 348 g/mol. The zero-order valence-electron chi connectivity index (χ0n) is 14.8. The zero-order valence-corrected chi connectivity index (χ0v) is 14.8. The highest BCUT2D eigenvalue weighted by molar-refractivity contribution is 5.97. The maximum absolute atomic E-state index is 13.0. The number of rotatable bonds is 2. The van der Waals surface area contributed by atoms with E-state index in [1.54, 1.807) is 24.3 Å². The molecule has 1 amide bonds. The average Bonchev–Trinajstić information content (AvgIpc) is 3.07. The highest BCUT2D eigenvalue weighted by atomic mass is 16.5. The molecule has 0 aliphatic carbocycles. The van der Waals surface area contributed by atoms with Crippen LogP contribution in [0.4, 0.5) is 0 Å².